The Morgan fingerprint density at radius 1 is 1.04 bits per heavy atom. The Kier molecular flexibility index (Phi) is 5.50. The second-order valence-corrected chi connectivity index (χ2v) is 6.28. The van der Waals surface area contributed by atoms with Crippen LogP contribution in [0.5, 0.6) is 5.75 Å². The Labute approximate surface area is 161 Å². The first kappa shape index (κ1) is 17.9. The zero-order chi connectivity index (χ0) is 18.5. The molecule has 0 saturated heterocycles. The number of ketones is 1. The van der Waals surface area contributed by atoms with Crippen molar-refractivity contribution in [2.24, 2.45) is 0 Å². The second kappa shape index (κ2) is 7.99. The quantitative estimate of drug-likeness (QED) is 0.424. The van der Waals surface area contributed by atoms with Crippen LogP contribution < -0.4 is 4.74 Å². The van der Waals surface area contributed by atoms with Crippen molar-refractivity contribution in [3.05, 3.63) is 89.0 Å². The molecule has 0 atom stereocenters. The van der Waals surface area contributed by atoms with Gasteiger partial charge in [-0.2, -0.15) is 5.26 Å². The third-order valence-electron chi connectivity index (χ3n) is 4.20. The number of benzene rings is 3. The van der Waals surface area contributed by atoms with Gasteiger partial charge in [-0.25, -0.2) is 0 Å². The van der Waals surface area contributed by atoms with Gasteiger partial charge in [-0.3, -0.25) is 4.79 Å². The molecule has 4 heteroatoms. The van der Waals surface area contributed by atoms with Crippen molar-refractivity contribution in [3.63, 3.8) is 0 Å². The molecule has 128 valence electrons. The first-order valence-electron chi connectivity index (χ1n) is 8.05. The minimum Gasteiger partial charge on any atom is -0.497 e. The molecule has 0 saturated carbocycles. The van der Waals surface area contributed by atoms with Crippen molar-refractivity contribution in [1.82, 2.24) is 0 Å². The van der Waals surface area contributed by atoms with Crippen LogP contribution in [0.2, 0.25) is 0 Å². The van der Waals surface area contributed by atoms with Gasteiger partial charge in [0, 0.05) is 16.5 Å². The van der Waals surface area contributed by atoms with Crippen LogP contribution in [0.3, 0.4) is 0 Å². The number of halogens is 1. The maximum atomic E-state index is 13.1. The van der Waals surface area contributed by atoms with E-state index in [-0.39, 0.29) is 5.78 Å². The first-order valence-corrected chi connectivity index (χ1v) is 9.17. The van der Waals surface area contributed by atoms with Crippen molar-refractivity contribution in [1.29, 1.82) is 5.26 Å². The molecular weight excluding hydrogens is 390 g/mol. The van der Waals surface area contributed by atoms with Crippen molar-refractivity contribution in [3.8, 4) is 22.9 Å². The minimum atomic E-state index is -0.121. The summed E-state index contributed by atoms with van der Waals surface area (Å²) in [4.78, 5) is 13.1. The zero-order valence-corrected chi connectivity index (χ0v) is 15.8. The van der Waals surface area contributed by atoms with Gasteiger partial charge in [0.2, 0.25) is 0 Å². The highest BCUT2D eigenvalue weighted by atomic mass is 79.9. The highest BCUT2D eigenvalue weighted by Gasteiger charge is 2.17. The number of alkyl halides is 1. The van der Waals surface area contributed by atoms with Crippen molar-refractivity contribution in [2.75, 3.05) is 7.11 Å². The summed E-state index contributed by atoms with van der Waals surface area (Å²) < 4.78 is 5.15. The molecule has 0 aliphatic carbocycles. The van der Waals surface area contributed by atoms with Crippen LogP contribution in [0.4, 0.5) is 0 Å². The van der Waals surface area contributed by atoms with Crippen LogP contribution in [0.25, 0.3) is 11.1 Å². The Hall–Kier alpha value is -2.90. The maximum absolute atomic E-state index is 13.1. The molecule has 0 aliphatic rings. The minimum absolute atomic E-state index is 0.121. The molecule has 0 spiro atoms. The van der Waals surface area contributed by atoms with E-state index in [0.29, 0.717) is 27.8 Å². The summed E-state index contributed by atoms with van der Waals surface area (Å²) in [6.45, 7) is 0. The second-order valence-electron chi connectivity index (χ2n) is 5.72. The van der Waals surface area contributed by atoms with Gasteiger partial charge in [0.15, 0.2) is 5.78 Å². The lowest BCUT2D eigenvalue weighted by atomic mass is 9.90. The van der Waals surface area contributed by atoms with Crippen LogP contribution in [0.15, 0.2) is 66.7 Å². The molecule has 3 aromatic carbocycles. The monoisotopic (exact) mass is 405 g/mol. The van der Waals surface area contributed by atoms with Gasteiger partial charge in [-0.15, -0.1) is 0 Å². The molecule has 0 radical (unpaired) electrons. The molecule has 26 heavy (non-hydrogen) atoms. The summed E-state index contributed by atoms with van der Waals surface area (Å²) in [5, 5.41) is 9.94. The lowest BCUT2D eigenvalue weighted by molar-refractivity contribution is 0.103. The number of carbonyl (C=O) groups excluding carboxylic acids is 1. The fourth-order valence-corrected chi connectivity index (χ4v) is 3.32. The average Bonchev–Trinajstić information content (AvgIpc) is 2.72. The number of ether oxygens (including phenoxy) is 1. The highest BCUT2D eigenvalue weighted by molar-refractivity contribution is 9.08. The maximum Gasteiger partial charge on any atom is 0.193 e. The average molecular weight is 406 g/mol. The predicted molar refractivity (Wildman–Crippen MR) is 106 cm³/mol. The summed E-state index contributed by atoms with van der Waals surface area (Å²) >= 11 is 3.51. The van der Waals surface area contributed by atoms with Gasteiger partial charge >= 0.3 is 0 Å². The standard InChI is InChI=1S/C22H16BrNO2/c1-26-18-9-7-16(8-10-18)22(25)21-12-15(14-24)6-11-20(21)19-5-3-2-4-17(19)13-23/h2-12H,13H2,1H3. The number of hydrogen-bond acceptors (Lipinski definition) is 3. The third kappa shape index (κ3) is 3.54. The highest BCUT2D eigenvalue weighted by Crippen LogP contribution is 2.31. The SMILES string of the molecule is COc1ccc(C(=O)c2cc(C#N)ccc2-c2ccccc2CBr)cc1. The normalized spacial score (nSPS) is 10.2. The molecule has 3 nitrogen and oxygen atoms in total. The van der Waals surface area contributed by atoms with Gasteiger partial charge in [-0.1, -0.05) is 46.3 Å². The van der Waals surface area contributed by atoms with E-state index in [1.807, 2.05) is 30.3 Å². The van der Waals surface area contributed by atoms with Gasteiger partial charge in [0.25, 0.3) is 0 Å². The van der Waals surface area contributed by atoms with E-state index >= 15 is 0 Å². The first-order chi connectivity index (χ1) is 12.7. The van der Waals surface area contributed by atoms with Crippen LogP contribution in [0, 0.1) is 11.3 Å². The summed E-state index contributed by atoms with van der Waals surface area (Å²) in [5.74, 6) is 0.571. The Morgan fingerprint density at radius 3 is 2.42 bits per heavy atom. The lowest BCUT2D eigenvalue weighted by Gasteiger charge is -2.13. The molecule has 0 aliphatic heterocycles. The summed E-state index contributed by atoms with van der Waals surface area (Å²) in [6, 6.07) is 22.3. The van der Waals surface area contributed by atoms with Crippen LogP contribution in [-0.2, 0) is 5.33 Å². The predicted octanol–water partition coefficient (Wildman–Crippen LogP) is 5.36. The molecular formula is C22H16BrNO2. The topological polar surface area (TPSA) is 50.1 Å². The largest absolute Gasteiger partial charge is 0.497 e. The molecule has 0 fully saturated rings. The summed E-state index contributed by atoms with van der Waals surface area (Å²) in [7, 11) is 1.59. The van der Waals surface area contributed by atoms with E-state index in [4.69, 9.17) is 4.74 Å². The fourth-order valence-electron chi connectivity index (χ4n) is 2.83. The fraction of sp³-hybridized carbons (Fsp3) is 0.0909. The number of carbonyl (C=O) groups is 1. The van der Waals surface area contributed by atoms with Gasteiger partial charge in [-0.05, 0) is 53.1 Å². The Bertz CT molecular complexity index is 988. The number of methoxy groups -OCH3 is 1. The van der Waals surface area contributed by atoms with Gasteiger partial charge in [0.1, 0.15) is 5.75 Å². The summed E-state index contributed by atoms with van der Waals surface area (Å²) in [6.07, 6.45) is 0. The lowest BCUT2D eigenvalue weighted by Crippen LogP contribution is -2.05. The van der Waals surface area contributed by atoms with Crippen LogP contribution in [0.1, 0.15) is 27.0 Å². The number of rotatable bonds is 5. The molecule has 3 rings (SSSR count). The summed E-state index contributed by atoms with van der Waals surface area (Å²) in [5.41, 5.74) is 4.41. The van der Waals surface area contributed by atoms with E-state index in [9.17, 15) is 10.1 Å². The van der Waals surface area contributed by atoms with Crippen molar-refractivity contribution < 1.29 is 9.53 Å². The van der Waals surface area contributed by atoms with Crippen LogP contribution >= 0.6 is 15.9 Å². The molecule has 0 bridgehead atoms. The van der Waals surface area contributed by atoms with E-state index in [0.717, 1.165) is 16.7 Å². The number of nitriles is 1. The molecule has 0 heterocycles. The molecule has 0 N–H and O–H groups in total. The Morgan fingerprint density at radius 2 is 1.77 bits per heavy atom. The third-order valence-corrected chi connectivity index (χ3v) is 4.80. The molecule has 0 amide bonds. The molecule has 3 aromatic rings. The molecule has 0 unspecified atom stereocenters. The van der Waals surface area contributed by atoms with Crippen LogP contribution in [-0.4, -0.2) is 12.9 Å². The van der Waals surface area contributed by atoms with Crippen molar-refractivity contribution in [2.45, 2.75) is 5.33 Å². The molecule has 0 aromatic heterocycles. The van der Waals surface area contributed by atoms with E-state index in [1.165, 1.54) is 0 Å². The van der Waals surface area contributed by atoms with Gasteiger partial charge in [0.05, 0.1) is 18.7 Å². The van der Waals surface area contributed by atoms with Crippen molar-refractivity contribution >= 4 is 21.7 Å². The zero-order valence-electron chi connectivity index (χ0n) is 14.2. The van der Waals surface area contributed by atoms with E-state index in [2.05, 4.69) is 22.0 Å². The smallest absolute Gasteiger partial charge is 0.193 e. The Balaban J connectivity index is 2.15. The number of nitrogens with zero attached hydrogens (tertiary/aromatic N) is 1. The van der Waals surface area contributed by atoms with E-state index < -0.39 is 0 Å². The number of hydrogen-bond donors (Lipinski definition) is 0. The van der Waals surface area contributed by atoms with Gasteiger partial charge < -0.3 is 4.74 Å². The van der Waals surface area contributed by atoms with E-state index in [1.54, 1.807) is 43.5 Å².